The van der Waals surface area contributed by atoms with Crippen LogP contribution in [0.25, 0.3) is 0 Å². The number of nitriles is 1. The molecular formula is C89H75Cl5FN11O16S4. The molecule has 4 fully saturated rings. The third-order valence-electron chi connectivity index (χ3n) is 20.6. The topological polar surface area (TPSA) is 408 Å². The molecule has 0 saturated carbocycles. The highest BCUT2D eigenvalue weighted by atomic mass is 35.5. The van der Waals surface area contributed by atoms with Crippen LogP contribution in [0.4, 0.5) is 27.1 Å². The number of nitrogens with two attached hydrogens (primary N) is 4. The first kappa shape index (κ1) is 91.8. The molecule has 27 nitrogen and oxygen atoms in total. The number of pyridine rings is 2. The summed E-state index contributed by atoms with van der Waals surface area (Å²) in [6, 6.07) is 65.2. The standard InChI is InChI=1S/C24H23ClN2O4S.C23H17ClFN3O4S.C21H17Cl2N3O4S.C21H18ClN3O4S/c1-16-3-2-4-17(11-16)15-31-23-13-19(25)5-10-22(23)18-12-24(28)27(14-18)20-6-8-21(9-7-20)32(26,29)30;24-16-1-7-20(22(11-16)32-21-8-2-17(25)9-14(21)12-26)15-10-23(29)28(13-15)18-3-5-19(6-4-18)33(27,30)31;22-14-1-6-17(19(10-14)30-20-11-25-8-7-18(20)23)13-9-21(27)26(12-13)15-2-4-16(5-3-15)31(24,28)29;22-15-4-9-18(19(12-15)29-20-3-1-2-10-24-20)14-11-21(26)25(13-14)16-5-7-17(8-6-16)30(23,27)28/h2-11,13,18H,12,14-15H2,1H3,(H2,26,29,30);1-9,11,15H,10,13H2,(H2,27,30,31);1-8,10-11,13H,9,12H2,(H2,24,28,29);1-10,12,14H,11,13H2,(H2,23,27,28)/t18-;15-;13-;14-/m0000/s1. The van der Waals surface area contributed by atoms with Crippen molar-refractivity contribution in [3.8, 4) is 46.4 Å². The van der Waals surface area contributed by atoms with Gasteiger partial charge in [-0.25, -0.2) is 63.6 Å². The zero-order chi connectivity index (χ0) is 90.1. The molecule has 4 aliphatic rings. The Morgan fingerprint density at radius 2 is 0.770 bits per heavy atom. The molecule has 4 atom stereocenters. The number of amides is 4. The molecule has 126 heavy (non-hydrogen) atoms. The van der Waals surface area contributed by atoms with E-state index in [1.165, 1.54) is 79.0 Å². The minimum absolute atomic E-state index is 0.00167. The van der Waals surface area contributed by atoms with Crippen LogP contribution < -0.4 is 59.1 Å². The van der Waals surface area contributed by atoms with Gasteiger partial charge in [-0.05, 0) is 194 Å². The highest BCUT2D eigenvalue weighted by Gasteiger charge is 2.38. The number of halogens is 6. The quantitative estimate of drug-likeness (QED) is 0.0519. The molecule has 0 spiro atoms. The van der Waals surface area contributed by atoms with Gasteiger partial charge < -0.3 is 38.5 Å². The molecule has 0 radical (unpaired) electrons. The van der Waals surface area contributed by atoms with Crippen molar-refractivity contribution in [2.75, 3.05) is 45.8 Å². The number of primary sulfonamides is 4. The number of benzene rings is 10. The molecule has 0 aliphatic carbocycles. The molecule has 4 saturated heterocycles. The predicted octanol–water partition coefficient (Wildman–Crippen LogP) is 16.8. The Morgan fingerprint density at radius 3 is 1.12 bits per heavy atom. The van der Waals surface area contributed by atoms with Gasteiger partial charge in [0.05, 0.1) is 36.4 Å². The number of nitrogens with zero attached hydrogens (tertiary/aromatic N) is 7. The van der Waals surface area contributed by atoms with Crippen LogP contribution in [0.15, 0.2) is 275 Å². The van der Waals surface area contributed by atoms with Gasteiger partial charge in [0, 0.05) is 154 Å². The Kier molecular flexibility index (Phi) is 28.6. The Bertz CT molecular complexity index is 6680. The van der Waals surface area contributed by atoms with Crippen LogP contribution in [-0.4, -0.2) is 93.4 Å². The number of aromatic nitrogens is 2. The number of hydrogen-bond donors (Lipinski definition) is 4. The van der Waals surface area contributed by atoms with Crippen molar-refractivity contribution in [1.29, 1.82) is 5.26 Å². The fraction of sp³-hybridized carbons (Fsp3) is 0.157. The summed E-state index contributed by atoms with van der Waals surface area (Å²) >= 11 is 30.9. The van der Waals surface area contributed by atoms with E-state index in [2.05, 4.69) is 16.0 Å². The zero-order valence-electron chi connectivity index (χ0n) is 66.3. The minimum Gasteiger partial charge on any atom is -0.489 e. The van der Waals surface area contributed by atoms with Crippen molar-refractivity contribution < 1.29 is 76.2 Å². The summed E-state index contributed by atoms with van der Waals surface area (Å²) in [5.74, 6) is 1.51. The van der Waals surface area contributed by atoms with E-state index in [0.717, 1.165) is 33.9 Å². The Balaban J connectivity index is 0.000000144. The van der Waals surface area contributed by atoms with Gasteiger partial charge in [-0.1, -0.05) is 118 Å². The van der Waals surface area contributed by atoms with Gasteiger partial charge in [0.25, 0.3) is 0 Å². The number of hydrogen-bond acceptors (Lipinski definition) is 19. The highest BCUT2D eigenvalue weighted by molar-refractivity contribution is 7.90. The van der Waals surface area contributed by atoms with Crippen molar-refractivity contribution in [1.82, 2.24) is 9.97 Å². The van der Waals surface area contributed by atoms with E-state index in [9.17, 15) is 62.5 Å². The lowest BCUT2D eigenvalue weighted by atomic mass is 9.97. The van der Waals surface area contributed by atoms with Crippen molar-refractivity contribution in [3.05, 3.63) is 325 Å². The Hall–Kier alpha value is -11.9. The van der Waals surface area contributed by atoms with E-state index in [1.54, 1.807) is 141 Å². The first-order chi connectivity index (χ1) is 59.9. The number of aryl methyl sites for hydroxylation is 1. The van der Waals surface area contributed by atoms with Gasteiger partial charge in [0.1, 0.15) is 47.2 Å². The second-order valence-corrected chi connectivity index (χ2v) is 37.7. The van der Waals surface area contributed by atoms with E-state index in [0.29, 0.717) is 127 Å². The van der Waals surface area contributed by atoms with Crippen LogP contribution in [-0.2, 0) is 65.9 Å². The normalized spacial score (nSPS) is 16.4. The van der Waals surface area contributed by atoms with E-state index in [4.69, 9.17) is 97.5 Å². The lowest BCUT2D eigenvalue weighted by molar-refractivity contribution is -0.118. The molecule has 0 unspecified atom stereocenters. The first-order valence-corrected chi connectivity index (χ1v) is 46.3. The number of carbonyl (C=O) groups is 4. The average molecular weight is 1880 g/mol. The summed E-state index contributed by atoms with van der Waals surface area (Å²) < 4.78 is 129. The van der Waals surface area contributed by atoms with Gasteiger partial charge in [0.15, 0.2) is 5.75 Å². The highest BCUT2D eigenvalue weighted by Crippen LogP contribution is 2.45. The maximum Gasteiger partial charge on any atom is 0.238 e. The van der Waals surface area contributed by atoms with Crippen LogP contribution in [0.3, 0.4) is 0 Å². The van der Waals surface area contributed by atoms with Gasteiger partial charge >= 0.3 is 0 Å². The molecule has 10 aromatic carbocycles. The van der Waals surface area contributed by atoms with Gasteiger partial charge in [-0.2, -0.15) is 5.26 Å². The summed E-state index contributed by atoms with van der Waals surface area (Å²) in [5, 5.41) is 32.2. The number of rotatable bonds is 21. The number of anilines is 4. The fourth-order valence-corrected chi connectivity index (χ4v) is 17.4. The van der Waals surface area contributed by atoms with Gasteiger partial charge in [0.2, 0.25) is 69.6 Å². The summed E-state index contributed by atoms with van der Waals surface area (Å²) in [5.41, 5.74) is 7.87. The SMILES string of the molecule is Cc1cccc(COc2cc(Cl)ccc2[C@H]2CC(=O)N(c3ccc(S(N)(=O)=O)cc3)C2)c1.N#Cc1cc(F)ccc1Oc1cc(Cl)ccc1[C@H]1CC(=O)N(c2ccc(S(N)(=O)=O)cc2)C1.NS(=O)(=O)c1ccc(N2C[C@@H](c3ccc(Cl)cc3Oc3ccccn3)CC2=O)cc1.NS(=O)(=O)c1ccc(N2C[C@@H](c3ccc(Cl)cc3Oc3cnccc3Cl)CC2=O)cc1. The smallest absolute Gasteiger partial charge is 0.238 e. The van der Waals surface area contributed by atoms with Crippen LogP contribution in [0.1, 0.15) is 88.3 Å². The average Bonchev–Trinajstić information content (AvgIpc) is 1.65. The second-order valence-electron chi connectivity index (χ2n) is 29.3. The molecule has 12 aromatic rings. The van der Waals surface area contributed by atoms with Crippen LogP contribution >= 0.6 is 58.0 Å². The van der Waals surface area contributed by atoms with Gasteiger partial charge in [-0.3, -0.25) is 24.2 Å². The molecular weight excluding hydrogens is 1800 g/mol. The third kappa shape index (κ3) is 23.0. The maximum absolute atomic E-state index is 13.5. The number of ether oxygens (including phenoxy) is 4. The van der Waals surface area contributed by atoms with Crippen LogP contribution in [0.5, 0.6) is 40.4 Å². The molecule has 4 aliphatic heterocycles. The molecule has 648 valence electrons. The molecule has 16 rings (SSSR count). The van der Waals surface area contributed by atoms with Crippen molar-refractivity contribution in [2.45, 2.75) is 82.5 Å². The lowest BCUT2D eigenvalue weighted by Crippen LogP contribution is -2.24. The molecule has 0 bridgehead atoms. The van der Waals surface area contributed by atoms with E-state index in [1.807, 2.05) is 55.5 Å². The third-order valence-corrected chi connectivity index (χ3v) is 25.6. The Labute approximate surface area is 750 Å². The summed E-state index contributed by atoms with van der Waals surface area (Å²) in [7, 11) is -15.2. The molecule has 2 aromatic heterocycles. The van der Waals surface area contributed by atoms with E-state index >= 15 is 0 Å². The van der Waals surface area contributed by atoms with Crippen molar-refractivity contribution >= 4 is 144 Å². The molecule has 6 heterocycles. The molecule has 8 N–H and O–H groups in total. The van der Waals surface area contributed by atoms with Crippen molar-refractivity contribution in [2.24, 2.45) is 20.6 Å². The number of carbonyl (C=O) groups excluding carboxylic acids is 4. The Morgan fingerprint density at radius 1 is 0.405 bits per heavy atom. The number of sulfonamides is 4. The lowest BCUT2D eigenvalue weighted by Gasteiger charge is -2.19. The van der Waals surface area contributed by atoms with E-state index < -0.39 is 45.9 Å². The monoisotopic (exact) mass is 1880 g/mol. The molecule has 4 amide bonds. The summed E-state index contributed by atoms with van der Waals surface area (Å²) in [6.45, 7) is 4.02. The zero-order valence-corrected chi connectivity index (χ0v) is 73.3. The summed E-state index contributed by atoms with van der Waals surface area (Å²) in [6.07, 6.45) is 5.75. The van der Waals surface area contributed by atoms with Crippen LogP contribution in [0, 0.1) is 24.1 Å². The maximum atomic E-state index is 13.5. The fourth-order valence-electron chi connectivity index (χ4n) is 14.5. The minimum atomic E-state index is -3.84. The largest absolute Gasteiger partial charge is 0.489 e. The first-order valence-electron chi connectivity index (χ1n) is 38.2. The van der Waals surface area contributed by atoms with Crippen LogP contribution in [0.2, 0.25) is 25.1 Å². The van der Waals surface area contributed by atoms with E-state index in [-0.39, 0.29) is 97.5 Å². The van der Waals surface area contributed by atoms with Crippen molar-refractivity contribution in [3.63, 3.8) is 0 Å². The van der Waals surface area contributed by atoms with Gasteiger partial charge in [-0.15, -0.1) is 0 Å². The molecule has 37 heteroatoms. The second kappa shape index (κ2) is 39.3. The predicted molar refractivity (Wildman–Crippen MR) is 476 cm³/mol. The summed E-state index contributed by atoms with van der Waals surface area (Å²) in [4.78, 5) is 65.5.